The lowest BCUT2D eigenvalue weighted by Crippen LogP contribution is -2.35. The van der Waals surface area contributed by atoms with Crippen LogP contribution in [0.3, 0.4) is 0 Å². The summed E-state index contributed by atoms with van der Waals surface area (Å²) < 4.78 is 50.0. The fourth-order valence-corrected chi connectivity index (χ4v) is 2.70. The molecule has 0 heterocycles. The molecule has 0 aliphatic carbocycles. The van der Waals surface area contributed by atoms with Crippen molar-refractivity contribution in [2.75, 3.05) is 31.2 Å². The molecule has 0 bridgehead atoms. The minimum absolute atomic E-state index is 0.134. The fourth-order valence-electron chi connectivity index (χ4n) is 1.77. The normalized spacial score (nSPS) is 11.5. The molecule has 1 aromatic carbocycles. The zero-order valence-electron chi connectivity index (χ0n) is 12.4. The van der Waals surface area contributed by atoms with Crippen LogP contribution < -0.4 is 10.6 Å². The first-order valence-corrected chi connectivity index (χ1v) is 8.54. The van der Waals surface area contributed by atoms with E-state index in [1.165, 1.54) is 4.31 Å². The van der Waals surface area contributed by atoms with Gasteiger partial charge in [0.05, 0.1) is 11.9 Å². The summed E-state index contributed by atoms with van der Waals surface area (Å²) in [6.07, 6.45) is 1.54. The van der Waals surface area contributed by atoms with Gasteiger partial charge < -0.3 is 10.6 Å². The van der Waals surface area contributed by atoms with E-state index in [2.05, 4.69) is 10.6 Å². The molecular formula is C13H19F2N3O3S. The first-order valence-electron chi connectivity index (χ1n) is 6.69. The number of urea groups is 1. The lowest BCUT2D eigenvalue weighted by Gasteiger charge is -2.17. The molecule has 1 rings (SSSR count). The summed E-state index contributed by atoms with van der Waals surface area (Å²) in [7, 11) is -3.25. The van der Waals surface area contributed by atoms with Gasteiger partial charge in [0.2, 0.25) is 10.0 Å². The van der Waals surface area contributed by atoms with Crippen LogP contribution in [0.25, 0.3) is 0 Å². The van der Waals surface area contributed by atoms with Crippen molar-refractivity contribution in [1.82, 2.24) is 9.62 Å². The van der Waals surface area contributed by atoms with Gasteiger partial charge in [0.15, 0.2) is 0 Å². The van der Waals surface area contributed by atoms with E-state index in [-0.39, 0.29) is 18.8 Å². The predicted molar refractivity (Wildman–Crippen MR) is 80.1 cm³/mol. The van der Waals surface area contributed by atoms with E-state index < -0.39 is 27.7 Å². The Kier molecular flexibility index (Phi) is 6.69. The van der Waals surface area contributed by atoms with Crippen LogP contribution in [-0.4, -0.2) is 44.6 Å². The molecule has 2 amide bonds. The lowest BCUT2D eigenvalue weighted by molar-refractivity contribution is 0.251. The summed E-state index contributed by atoms with van der Waals surface area (Å²) in [5, 5.41) is 4.72. The van der Waals surface area contributed by atoms with Gasteiger partial charge in [-0.3, -0.25) is 0 Å². The fraction of sp³-hybridized carbons (Fsp3) is 0.462. The summed E-state index contributed by atoms with van der Waals surface area (Å²) in [5.41, 5.74) is -0.134. The van der Waals surface area contributed by atoms with E-state index in [9.17, 15) is 22.0 Å². The first-order chi connectivity index (χ1) is 10.2. The van der Waals surface area contributed by atoms with E-state index in [1.54, 1.807) is 6.92 Å². The molecule has 22 heavy (non-hydrogen) atoms. The van der Waals surface area contributed by atoms with Crippen LogP contribution in [0, 0.1) is 11.6 Å². The van der Waals surface area contributed by atoms with Gasteiger partial charge in [0, 0.05) is 25.7 Å². The minimum Gasteiger partial charge on any atom is -0.338 e. The molecule has 2 N–H and O–H groups in total. The molecule has 0 saturated carbocycles. The van der Waals surface area contributed by atoms with Gasteiger partial charge in [0.25, 0.3) is 0 Å². The average Bonchev–Trinajstić information content (AvgIpc) is 2.40. The molecule has 9 heteroatoms. The molecule has 0 radical (unpaired) electrons. The van der Waals surface area contributed by atoms with Crippen molar-refractivity contribution in [1.29, 1.82) is 0 Å². The molecule has 0 aromatic heterocycles. The Bertz CT molecular complexity index is 623. The third-order valence-electron chi connectivity index (χ3n) is 2.87. The minimum atomic E-state index is -3.25. The van der Waals surface area contributed by atoms with Crippen LogP contribution in [0.5, 0.6) is 0 Å². The molecule has 1 aromatic rings. The predicted octanol–water partition coefficient (Wildman–Crippen LogP) is 1.76. The molecular weight excluding hydrogens is 316 g/mol. The molecule has 0 fully saturated rings. The molecule has 0 unspecified atom stereocenters. The number of sulfonamides is 1. The summed E-state index contributed by atoms with van der Waals surface area (Å²) in [4.78, 5) is 11.5. The topological polar surface area (TPSA) is 78.5 Å². The number of rotatable bonds is 7. The van der Waals surface area contributed by atoms with E-state index in [0.717, 1.165) is 18.4 Å². The van der Waals surface area contributed by atoms with Gasteiger partial charge in [-0.05, 0) is 18.6 Å². The van der Waals surface area contributed by atoms with Crippen molar-refractivity contribution < 1.29 is 22.0 Å². The van der Waals surface area contributed by atoms with Gasteiger partial charge in [0.1, 0.15) is 11.6 Å². The van der Waals surface area contributed by atoms with Crippen molar-refractivity contribution in [2.24, 2.45) is 0 Å². The maximum atomic E-state index is 13.3. The summed E-state index contributed by atoms with van der Waals surface area (Å²) in [6, 6.07) is 2.17. The van der Waals surface area contributed by atoms with Gasteiger partial charge in [-0.2, -0.15) is 0 Å². The Balaban J connectivity index is 2.38. The first kappa shape index (κ1) is 18.3. The Labute approximate surface area is 128 Å². The summed E-state index contributed by atoms with van der Waals surface area (Å²) >= 11 is 0. The Hall–Kier alpha value is -1.74. The summed E-state index contributed by atoms with van der Waals surface area (Å²) in [6.45, 7) is 2.57. The second-order valence-corrected chi connectivity index (χ2v) is 6.60. The highest BCUT2D eigenvalue weighted by Gasteiger charge is 2.13. The van der Waals surface area contributed by atoms with Gasteiger partial charge >= 0.3 is 6.03 Å². The van der Waals surface area contributed by atoms with Crippen LogP contribution in [0.1, 0.15) is 13.3 Å². The maximum absolute atomic E-state index is 13.3. The molecule has 124 valence electrons. The number of nitrogens with zero attached hydrogens (tertiary/aromatic N) is 1. The van der Waals surface area contributed by atoms with E-state index in [0.29, 0.717) is 19.0 Å². The highest BCUT2D eigenvalue weighted by Crippen LogP contribution is 2.14. The highest BCUT2D eigenvalue weighted by atomic mass is 32.2. The molecule has 0 saturated heterocycles. The number of hydrogen-bond donors (Lipinski definition) is 2. The van der Waals surface area contributed by atoms with Crippen molar-refractivity contribution in [3.8, 4) is 0 Å². The second kappa shape index (κ2) is 8.04. The van der Waals surface area contributed by atoms with E-state index >= 15 is 0 Å². The Morgan fingerprint density at radius 1 is 1.32 bits per heavy atom. The standard InChI is InChI=1S/C13H19F2N3O3S/c1-3-18(22(2,20)21)8-4-7-16-13(19)17-12-6-5-10(14)9-11(12)15/h5-6,9H,3-4,7-8H2,1-2H3,(H2,16,17,19). The SMILES string of the molecule is CCN(CCCNC(=O)Nc1ccc(F)cc1F)S(C)(=O)=O. The molecule has 0 aliphatic heterocycles. The van der Waals surface area contributed by atoms with E-state index in [1.807, 2.05) is 0 Å². The van der Waals surface area contributed by atoms with Crippen molar-refractivity contribution in [3.05, 3.63) is 29.8 Å². The quantitative estimate of drug-likeness (QED) is 0.745. The largest absolute Gasteiger partial charge is 0.338 e. The number of carbonyl (C=O) groups is 1. The number of amides is 2. The van der Waals surface area contributed by atoms with Gasteiger partial charge in [-0.25, -0.2) is 26.3 Å². The molecule has 0 aliphatic rings. The Morgan fingerprint density at radius 3 is 2.55 bits per heavy atom. The number of halogens is 2. The molecule has 0 atom stereocenters. The van der Waals surface area contributed by atoms with Crippen molar-refractivity contribution in [3.63, 3.8) is 0 Å². The third-order valence-corrected chi connectivity index (χ3v) is 4.25. The maximum Gasteiger partial charge on any atom is 0.319 e. The number of anilines is 1. The van der Waals surface area contributed by atoms with Crippen LogP contribution >= 0.6 is 0 Å². The number of carbonyl (C=O) groups excluding carboxylic acids is 1. The van der Waals surface area contributed by atoms with Crippen LogP contribution in [-0.2, 0) is 10.0 Å². The Morgan fingerprint density at radius 2 is 2.00 bits per heavy atom. The zero-order chi connectivity index (χ0) is 16.8. The van der Waals surface area contributed by atoms with Crippen LogP contribution in [0.4, 0.5) is 19.3 Å². The number of benzene rings is 1. The average molecular weight is 335 g/mol. The third kappa shape index (κ3) is 5.94. The lowest BCUT2D eigenvalue weighted by atomic mass is 10.3. The van der Waals surface area contributed by atoms with Crippen molar-refractivity contribution in [2.45, 2.75) is 13.3 Å². The highest BCUT2D eigenvalue weighted by molar-refractivity contribution is 7.88. The van der Waals surface area contributed by atoms with E-state index in [4.69, 9.17) is 0 Å². The van der Waals surface area contributed by atoms with Crippen molar-refractivity contribution >= 4 is 21.7 Å². The number of hydrogen-bond acceptors (Lipinski definition) is 3. The van der Waals surface area contributed by atoms with Crippen LogP contribution in [0.15, 0.2) is 18.2 Å². The van der Waals surface area contributed by atoms with Gasteiger partial charge in [-0.1, -0.05) is 6.92 Å². The second-order valence-electron chi connectivity index (χ2n) is 4.61. The number of nitrogens with one attached hydrogen (secondary N) is 2. The van der Waals surface area contributed by atoms with Gasteiger partial charge in [-0.15, -0.1) is 0 Å². The van der Waals surface area contributed by atoms with Crippen LogP contribution in [0.2, 0.25) is 0 Å². The monoisotopic (exact) mass is 335 g/mol. The molecule has 0 spiro atoms. The smallest absolute Gasteiger partial charge is 0.319 e. The summed E-state index contributed by atoms with van der Waals surface area (Å²) in [5.74, 6) is -1.60. The molecule has 6 nitrogen and oxygen atoms in total. The zero-order valence-corrected chi connectivity index (χ0v) is 13.2.